The first-order chi connectivity index (χ1) is 9.63. The van der Waals surface area contributed by atoms with Crippen molar-refractivity contribution in [2.24, 2.45) is 0 Å². The van der Waals surface area contributed by atoms with Crippen molar-refractivity contribution in [2.45, 2.75) is 20.3 Å². The minimum absolute atomic E-state index is 0.298. The van der Waals surface area contributed by atoms with Crippen LogP contribution in [-0.4, -0.2) is 17.6 Å². The third-order valence-electron chi connectivity index (χ3n) is 3.35. The number of ether oxygens (including phenoxy) is 1. The van der Waals surface area contributed by atoms with Crippen LogP contribution in [0.2, 0.25) is 0 Å². The molecule has 1 aliphatic heterocycles. The highest BCUT2D eigenvalue weighted by atomic mass is 16.5. The van der Waals surface area contributed by atoms with E-state index in [4.69, 9.17) is 4.74 Å². The molecule has 1 N–H and O–H groups in total. The van der Waals surface area contributed by atoms with E-state index in [1.807, 2.05) is 44.2 Å². The number of esters is 1. The van der Waals surface area contributed by atoms with Gasteiger partial charge >= 0.3 is 5.97 Å². The van der Waals surface area contributed by atoms with Gasteiger partial charge in [-0.15, -0.1) is 0 Å². The second kappa shape index (κ2) is 4.96. The average Bonchev–Trinajstić information content (AvgIpc) is 2.41. The first-order valence-electron chi connectivity index (χ1n) is 6.65. The van der Waals surface area contributed by atoms with Crippen molar-refractivity contribution in [3.05, 3.63) is 52.7 Å². The number of cyclic esters (lactones) is 1. The van der Waals surface area contributed by atoms with Gasteiger partial charge in [-0.25, -0.2) is 9.78 Å². The SMILES string of the molecule is Cc1ccc(Nc2nc(C)cc3c2C(=O)OCC3)cc1. The molecule has 0 aliphatic carbocycles. The van der Waals surface area contributed by atoms with Crippen LogP contribution >= 0.6 is 0 Å². The Kier molecular flexibility index (Phi) is 3.14. The highest BCUT2D eigenvalue weighted by Crippen LogP contribution is 2.27. The minimum Gasteiger partial charge on any atom is -0.462 e. The number of carbonyl (C=O) groups is 1. The van der Waals surface area contributed by atoms with E-state index < -0.39 is 0 Å². The van der Waals surface area contributed by atoms with E-state index in [0.717, 1.165) is 23.4 Å². The minimum atomic E-state index is -0.298. The van der Waals surface area contributed by atoms with Crippen molar-refractivity contribution < 1.29 is 9.53 Å². The van der Waals surface area contributed by atoms with Crippen molar-refractivity contribution in [3.63, 3.8) is 0 Å². The van der Waals surface area contributed by atoms with Crippen molar-refractivity contribution in [1.82, 2.24) is 4.98 Å². The summed E-state index contributed by atoms with van der Waals surface area (Å²) in [7, 11) is 0. The van der Waals surface area contributed by atoms with Crippen molar-refractivity contribution in [2.75, 3.05) is 11.9 Å². The number of aryl methyl sites for hydroxylation is 2. The molecule has 0 radical (unpaired) electrons. The maximum absolute atomic E-state index is 12.0. The first-order valence-corrected chi connectivity index (χ1v) is 6.65. The van der Waals surface area contributed by atoms with Gasteiger partial charge in [0.15, 0.2) is 0 Å². The highest BCUT2D eigenvalue weighted by Gasteiger charge is 2.24. The Labute approximate surface area is 117 Å². The summed E-state index contributed by atoms with van der Waals surface area (Å²) in [6, 6.07) is 9.93. The van der Waals surface area contributed by atoms with E-state index in [1.165, 1.54) is 5.56 Å². The Balaban J connectivity index is 2.02. The van der Waals surface area contributed by atoms with Gasteiger partial charge in [0.1, 0.15) is 11.4 Å². The molecular weight excluding hydrogens is 252 g/mol. The first kappa shape index (κ1) is 12.7. The summed E-state index contributed by atoms with van der Waals surface area (Å²) >= 11 is 0. The zero-order chi connectivity index (χ0) is 14.1. The van der Waals surface area contributed by atoms with Crippen LogP contribution in [-0.2, 0) is 11.2 Å². The van der Waals surface area contributed by atoms with E-state index >= 15 is 0 Å². The zero-order valence-electron chi connectivity index (χ0n) is 11.6. The second-order valence-electron chi connectivity index (χ2n) is 5.02. The third kappa shape index (κ3) is 2.37. The van der Waals surface area contributed by atoms with Gasteiger partial charge in [-0.2, -0.15) is 0 Å². The number of nitrogens with zero attached hydrogens (tertiary/aromatic N) is 1. The monoisotopic (exact) mass is 268 g/mol. The molecule has 0 saturated heterocycles. The van der Waals surface area contributed by atoms with Crippen LogP contribution in [0.4, 0.5) is 11.5 Å². The van der Waals surface area contributed by atoms with Gasteiger partial charge in [0.2, 0.25) is 0 Å². The Bertz CT molecular complexity index is 663. The fraction of sp³-hybridized carbons (Fsp3) is 0.250. The van der Waals surface area contributed by atoms with Gasteiger partial charge in [-0.1, -0.05) is 17.7 Å². The molecule has 0 unspecified atom stereocenters. The summed E-state index contributed by atoms with van der Waals surface area (Å²) < 4.78 is 5.12. The fourth-order valence-corrected chi connectivity index (χ4v) is 2.36. The van der Waals surface area contributed by atoms with Crippen molar-refractivity contribution in [1.29, 1.82) is 0 Å². The molecule has 0 fully saturated rings. The normalized spacial score (nSPS) is 13.6. The number of carbonyl (C=O) groups excluding carboxylic acids is 1. The van der Waals surface area contributed by atoms with E-state index in [9.17, 15) is 4.79 Å². The molecule has 3 rings (SSSR count). The summed E-state index contributed by atoms with van der Waals surface area (Å²) in [5.74, 6) is 0.280. The number of benzene rings is 1. The molecular formula is C16H16N2O2. The average molecular weight is 268 g/mol. The molecule has 2 heterocycles. The summed E-state index contributed by atoms with van der Waals surface area (Å²) in [6.07, 6.45) is 0.743. The number of anilines is 2. The smallest absolute Gasteiger partial charge is 0.342 e. The quantitative estimate of drug-likeness (QED) is 0.850. The molecule has 0 spiro atoms. The summed E-state index contributed by atoms with van der Waals surface area (Å²) in [4.78, 5) is 16.4. The lowest BCUT2D eigenvalue weighted by Gasteiger charge is -2.19. The molecule has 0 bridgehead atoms. The van der Waals surface area contributed by atoms with Gasteiger partial charge in [0, 0.05) is 17.8 Å². The lowest BCUT2D eigenvalue weighted by atomic mass is 10.0. The van der Waals surface area contributed by atoms with Gasteiger partial charge < -0.3 is 10.1 Å². The summed E-state index contributed by atoms with van der Waals surface area (Å²) in [5, 5.41) is 3.22. The largest absolute Gasteiger partial charge is 0.462 e. The zero-order valence-corrected chi connectivity index (χ0v) is 11.6. The molecule has 4 heteroatoms. The molecule has 1 aromatic carbocycles. The molecule has 2 aromatic rings. The number of rotatable bonds is 2. The van der Waals surface area contributed by atoms with Gasteiger partial charge in [0.05, 0.1) is 6.61 Å². The molecule has 1 aliphatic rings. The fourth-order valence-electron chi connectivity index (χ4n) is 2.36. The topological polar surface area (TPSA) is 51.2 Å². The summed E-state index contributed by atoms with van der Waals surface area (Å²) in [6.45, 7) is 4.41. The molecule has 0 saturated carbocycles. The number of hydrogen-bond acceptors (Lipinski definition) is 4. The van der Waals surface area contributed by atoms with Gasteiger partial charge in [0.25, 0.3) is 0 Å². The number of aromatic nitrogens is 1. The molecule has 1 aromatic heterocycles. The maximum Gasteiger partial charge on any atom is 0.342 e. The Morgan fingerprint density at radius 1 is 1.20 bits per heavy atom. The van der Waals surface area contributed by atoms with Crippen LogP contribution in [0, 0.1) is 13.8 Å². The van der Waals surface area contributed by atoms with Gasteiger partial charge in [-0.3, -0.25) is 0 Å². The van der Waals surface area contributed by atoms with Crippen molar-refractivity contribution in [3.8, 4) is 0 Å². The van der Waals surface area contributed by atoms with Crippen LogP contribution in [0.25, 0.3) is 0 Å². The highest BCUT2D eigenvalue weighted by molar-refractivity contribution is 5.97. The van der Waals surface area contributed by atoms with Crippen LogP contribution in [0.3, 0.4) is 0 Å². The molecule has 0 atom stereocenters. The molecule has 20 heavy (non-hydrogen) atoms. The number of hydrogen-bond donors (Lipinski definition) is 1. The van der Waals surface area contributed by atoms with Gasteiger partial charge in [-0.05, 0) is 37.6 Å². The van der Waals surface area contributed by atoms with E-state index in [1.54, 1.807) is 0 Å². The van der Waals surface area contributed by atoms with Crippen molar-refractivity contribution >= 4 is 17.5 Å². The number of nitrogens with one attached hydrogen (secondary N) is 1. The van der Waals surface area contributed by atoms with E-state index in [2.05, 4.69) is 10.3 Å². The predicted octanol–water partition coefficient (Wildman–Crippen LogP) is 3.15. The standard InChI is InChI=1S/C16H16N2O2/c1-10-3-5-13(6-4-10)18-15-14-12(9-11(2)17-15)7-8-20-16(14)19/h3-6,9H,7-8H2,1-2H3,(H,17,18). The number of pyridine rings is 1. The second-order valence-corrected chi connectivity index (χ2v) is 5.02. The molecule has 4 nitrogen and oxygen atoms in total. The molecule has 102 valence electrons. The number of fused-ring (bicyclic) bond motifs is 1. The summed E-state index contributed by atoms with van der Waals surface area (Å²) in [5.41, 5.74) is 4.56. The lowest BCUT2D eigenvalue weighted by Crippen LogP contribution is -2.20. The Morgan fingerprint density at radius 2 is 1.95 bits per heavy atom. The van der Waals surface area contributed by atoms with E-state index in [-0.39, 0.29) is 5.97 Å². The maximum atomic E-state index is 12.0. The van der Waals surface area contributed by atoms with Crippen LogP contribution in [0.1, 0.15) is 27.2 Å². The van der Waals surface area contributed by atoms with Crippen LogP contribution < -0.4 is 5.32 Å². The molecule has 0 amide bonds. The van der Waals surface area contributed by atoms with Crippen LogP contribution in [0.5, 0.6) is 0 Å². The van der Waals surface area contributed by atoms with Crippen LogP contribution in [0.15, 0.2) is 30.3 Å². The Morgan fingerprint density at radius 3 is 2.70 bits per heavy atom. The third-order valence-corrected chi connectivity index (χ3v) is 3.35. The Hall–Kier alpha value is -2.36. The van der Waals surface area contributed by atoms with E-state index in [0.29, 0.717) is 18.0 Å². The predicted molar refractivity (Wildman–Crippen MR) is 77.4 cm³/mol. The lowest BCUT2D eigenvalue weighted by molar-refractivity contribution is 0.0481.